The molecule has 486 valence electrons. The number of amides is 10. The number of aliphatic hydroxyl groups is 1. The molecule has 1 heterocycles. The Morgan fingerprint density at radius 1 is 0.593 bits per heavy atom. The predicted molar refractivity (Wildman–Crippen MR) is 323 cm³/mol. The normalized spacial score (nSPS) is 16.4. The zero-order valence-electron chi connectivity index (χ0n) is 50.9. The number of nitrogens with two attached hydrogens (primary N) is 4. The molecule has 11 atom stereocenters. The van der Waals surface area contributed by atoms with Gasteiger partial charge < -0.3 is 85.7 Å². The Morgan fingerprint density at radius 2 is 1.01 bits per heavy atom. The van der Waals surface area contributed by atoms with Crippen LogP contribution in [0.25, 0.3) is 0 Å². The second-order valence-corrected chi connectivity index (χ2v) is 23.0. The van der Waals surface area contributed by atoms with E-state index >= 15 is 0 Å². The van der Waals surface area contributed by atoms with Crippen molar-refractivity contribution >= 4 is 83.6 Å². The van der Waals surface area contributed by atoms with Crippen molar-refractivity contribution < 1.29 is 72.9 Å². The molecule has 2 rings (SSSR count). The quantitative estimate of drug-likeness (QED) is 0.0256. The molecule has 1 aliphatic heterocycles. The lowest BCUT2D eigenvalue weighted by Gasteiger charge is -2.32. The number of thiol groups is 1. The number of aliphatic carboxylic acids is 2. The summed E-state index contributed by atoms with van der Waals surface area (Å²) >= 11 is 4.15. The van der Waals surface area contributed by atoms with Crippen LogP contribution in [0.1, 0.15) is 138 Å². The van der Waals surface area contributed by atoms with Gasteiger partial charge in [-0.25, -0.2) is 4.79 Å². The molecule has 29 heteroatoms. The molecule has 1 saturated heterocycles. The van der Waals surface area contributed by atoms with Crippen LogP contribution < -0.4 is 65.5 Å². The van der Waals surface area contributed by atoms with Crippen LogP contribution in [-0.4, -0.2) is 183 Å². The summed E-state index contributed by atoms with van der Waals surface area (Å²) < 4.78 is 0. The average Bonchev–Trinajstić information content (AvgIpc) is 2.29. The molecule has 0 aliphatic carbocycles. The van der Waals surface area contributed by atoms with Crippen molar-refractivity contribution in [2.75, 3.05) is 25.4 Å². The molecule has 1 aromatic rings. The molecule has 0 bridgehead atoms. The van der Waals surface area contributed by atoms with E-state index in [-0.39, 0.29) is 88.6 Å². The zero-order valence-corrected chi connectivity index (χ0v) is 51.8. The van der Waals surface area contributed by atoms with Gasteiger partial charge in [0.1, 0.15) is 54.4 Å². The molecular weight excluding hydrogens is 1140 g/mol. The number of nitrogens with one attached hydrogen (secondary N) is 8. The molecule has 1 aliphatic rings. The smallest absolute Gasteiger partial charge is 0.326 e. The minimum Gasteiger partial charge on any atom is -0.481 e. The first-order valence-electron chi connectivity index (χ1n) is 29.3. The van der Waals surface area contributed by atoms with Gasteiger partial charge in [0.05, 0.1) is 12.1 Å². The monoisotopic (exact) mass is 1240 g/mol. The highest BCUT2D eigenvalue weighted by Crippen LogP contribution is 2.21. The average molecular weight is 1240 g/mol. The van der Waals surface area contributed by atoms with Gasteiger partial charge in [0.25, 0.3) is 5.97 Å². The van der Waals surface area contributed by atoms with E-state index < -0.39 is 143 Å². The Hall–Kier alpha value is -6.95. The molecule has 0 aromatic heterocycles. The topological polar surface area (TPSA) is 469 Å². The predicted octanol–water partition coefficient (Wildman–Crippen LogP) is -1.82. The maximum atomic E-state index is 14.4. The van der Waals surface area contributed by atoms with Gasteiger partial charge in [0.15, 0.2) is 0 Å². The van der Waals surface area contributed by atoms with Crippen molar-refractivity contribution in [1.82, 2.24) is 47.4 Å². The molecular formula is C57H97N13O15S. The summed E-state index contributed by atoms with van der Waals surface area (Å²) in [5, 5.41) is 48.8. The van der Waals surface area contributed by atoms with Gasteiger partial charge in [-0.3, -0.25) is 52.7 Å². The van der Waals surface area contributed by atoms with Crippen molar-refractivity contribution in [2.45, 2.75) is 205 Å². The fraction of sp³-hybridized carbons (Fsp3) is 0.684. The van der Waals surface area contributed by atoms with E-state index in [1.54, 1.807) is 27.7 Å². The number of benzene rings is 1. The van der Waals surface area contributed by atoms with Crippen LogP contribution in [0.4, 0.5) is 0 Å². The van der Waals surface area contributed by atoms with Gasteiger partial charge in [-0.15, -0.1) is 0 Å². The van der Waals surface area contributed by atoms with E-state index in [4.69, 9.17) is 32.8 Å². The number of aliphatic hydroxyl groups excluding tert-OH is 1. The third-order valence-electron chi connectivity index (χ3n) is 13.7. The number of unbranched alkanes of at least 4 members (excludes halogenated alkanes) is 2. The Bertz CT molecular complexity index is 2380. The Labute approximate surface area is 509 Å². The molecule has 0 saturated carbocycles. The number of primary amides is 1. The van der Waals surface area contributed by atoms with E-state index in [0.717, 1.165) is 12.5 Å². The zero-order chi connectivity index (χ0) is 65.4. The highest BCUT2D eigenvalue weighted by Gasteiger charge is 2.42. The lowest BCUT2D eigenvalue weighted by Crippen LogP contribution is -2.61. The maximum absolute atomic E-state index is 14.4. The van der Waals surface area contributed by atoms with Crippen molar-refractivity contribution in [3.05, 3.63) is 35.9 Å². The SMILES string of the molecule is CC(=O)O.CC(C)C[C@H](NC(=O)[C@H](CCCCN)NC(=O)[C@H](CCCCN)NC(=O)[C@@H]1CCCN1C(=O)[C@@H](NC(=O)[C@H](CC(C)C)NC(=O)[C@@H](N)Cc1ccccc1)[C@@H](C)O)C(=O)N[C@@H](CCC(N)=O)C(=O)N[C@@H](CS)C(=O)N[C@H](C(=O)O)C(C)C. The Balaban J connectivity index is 0.00000894. The Kier molecular flexibility index (Phi) is 36.2. The van der Waals surface area contributed by atoms with Gasteiger partial charge in [0, 0.05) is 25.6 Å². The van der Waals surface area contributed by atoms with Crippen molar-refractivity contribution in [3.8, 4) is 0 Å². The van der Waals surface area contributed by atoms with Gasteiger partial charge in [-0.05, 0) is 120 Å². The van der Waals surface area contributed by atoms with Crippen LogP contribution in [-0.2, 0) is 64.0 Å². The minimum atomic E-state index is -1.55. The number of nitrogens with zero attached hydrogens (tertiary/aromatic N) is 1. The summed E-state index contributed by atoms with van der Waals surface area (Å²) in [7, 11) is 0. The second-order valence-electron chi connectivity index (χ2n) is 22.7. The Morgan fingerprint density at radius 3 is 1.45 bits per heavy atom. The number of carboxylic acid groups (broad SMARTS) is 2. The van der Waals surface area contributed by atoms with Crippen molar-refractivity contribution in [2.24, 2.45) is 40.7 Å². The summed E-state index contributed by atoms with van der Waals surface area (Å²) in [6.45, 7) is 13.3. The van der Waals surface area contributed by atoms with Crippen LogP contribution in [0, 0.1) is 17.8 Å². The van der Waals surface area contributed by atoms with E-state index in [0.29, 0.717) is 32.1 Å². The van der Waals surface area contributed by atoms with Crippen molar-refractivity contribution in [3.63, 3.8) is 0 Å². The first kappa shape index (κ1) is 77.1. The van der Waals surface area contributed by atoms with Gasteiger partial charge >= 0.3 is 5.97 Å². The number of hydrogen-bond acceptors (Lipinski definition) is 17. The largest absolute Gasteiger partial charge is 0.481 e. The molecule has 1 aromatic carbocycles. The first-order valence-corrected chi connectivity index (χ1v) is 29.9. The molecule has 0 radical (unpaired) electrons. The number of likely N-dealkylation sites (tertiary alicyclic amines) is 1. The number of carboxylic acids is 2. The number of carbonyl (C=O) groups excluding carboxylic acids is 10. The van der Waals surface area contributed by atoms with E-state index in [9.17, 15) is 63.0 Å². The van der Waals surface area contributed by atoms with E-state index in [2.05, 4.69) is 55.2 Å². The van der Waals surface area contributed by atoms with E-state index in [1.807, 2.05) is 44.2 Å². The number of carbonyl (C=O) groups is 12. The van der Waals surface area contributed by atoms with Gasteiger partial charge in [0.2, 0.25) is 59.1 Å². The standard InChI is InChI=1S/C55H93N13O13S.C2H4O2/c1-30(2)26-39(50(75)61-38(21-22-43(59)70)49(74)65-41(29-82)52(77)66-44(32(5)6)55(80)81)64-48(73)36(18-11-13-23-56)60-47(72)37(19-12-14-24-57)62-53(78)42-20-15-25-68(42)54(79)45(33(7)69)67-51(76)40(27-31(3)4)63-46(71)35(58)28-34-16-9-8-10-17-34;1-2(3)4/h8-10,16-17,30-33,35-42,44-45,69,82H,11-15,18-29,56-58H2,1-7H3,(H2,59,70)(H,60,72)(H,61,75)(H,62,78)(H,63,71)(H,64,73)(H,65,74)(H,66,77)(H,67,76)(H,80,81);1H3,(H,3,4)/t33-,35+,36+,37+,38+,39+,40+,41+,42+,44+,45+;/m1./s1. The lowest BCUT2D eigenvalue weighted by molar-refractivity contribution is -0.144. The molecule has 0 unspecified atom stereocenters. The van der Waals surface area contributed by atoms with Crippen LogP contribution in [0.2, 0.25) is 0 Å². The molecule has 19 N–H and O–H groups in total. The number of hydrogen-bond donors (Lipinski definition) is 16. The molecule has 0 spiro atoms. The lowest BCUT2D eigenvalue weighted by atomic mass is 10.00. The summed E-state index contributed by atoms with van der Waals surface area (Å²) in [5.74, 6) is -11.2. The summed E-state index contributed by atoms with van der Waals surface area (Å²) in [6, 6.07) is -3.80. The van der Waals surface area contributed by atoms with Crippen LogP contribution in [0.15, 0.2) is 30.3 Å². The van der Waals surface area contributed by atoms with Gasteiger partial charge in [-0.1, -0.05) is 71.9 Å². The summed E-state index contributed by atoms with van der Waals surface area (Å²) in [5.41, 5.74) is 24.0. The fourth-order valence-corrected chi connectivity index (χ4v) is 9.42. The molecule has 86 heavy (non-hydrogen) atoms. The number of rotatable bonds is 38. The summed E-state index contributed by atoms with van der Waals surface area (Å²) in [6.07, 6.45) is 0.417. The fourth-order valence-electron chi connectivity index (χ4n) is 9.17. The highest BCUT2D eigenvalue weighted by atomic mass is 32.1. The summed E-state index contributed by atoms with van der Waals surface area (Å²) in [4.78, 5) is 159. The van der Waals surface area contributed by atoms with Crippen LogP contribution in [0.3, 0.4) is 0 Å². The molecule has 28 nitrogen and oxygen atoms in total. The van der Waals surface area contributed by atoms with E-state index in [1.165, 1.54) is 11.8 Å². The third-order valence-corrected chi connectivity index (χ3v) is 14.1. The van der Waals surface area contributed by atoms with Crippen LogP contribution in [0.5, 0.6) is 0 Å². The maximum Gasteiger partial charge on any atom is 0.326 e. The minimum absolute atomic E-state index is 0.0195. The molecule has 10 amide bonds. The van der Waals surface area contributed by atoms with Gasteiger partial charge in [-0.2, -0.15) is 12.6 Å². The molecule has 1 fully saturated rings. The van der Waals surface area contributed by atoms with Crippen molar-refractivity contribution in [1.29, 1.82) is 0 Å². The first-order chi connectivity index (χ1) is 40.4. The highest BCUT2D eigenvalue weighted by molar-refractivity contribution is 7.80. The van der Waals surface area contributed by atoms with Crippen LogP contribution >= 0.6 is 12.6 Å². The third kappa shape index (κ3) is 29.0. The second kappa shape index (κ2) is 40.4.